The van der Waals surface area contributed by atoms with Crippen LogP contribution in [0.25, 0.3) is 0 Å². The molecule has 4 N–H and O–H groups in total. The lowest BCUT2D eigenvalue weighted by Crippen LogP contribution is -2.25. The second-order valence-electron chi connectivity index (χ2n) is 4.17. The van der Waals surface area contributed by atoms with Gasteiger partial charge in [0, 0.05) is 19.4 Å². The van der Waals surface area contributed by atoms with Crippen LogP contribution >= 0.6 is 0 Å². The number of nitrogens with one attached hydrogen (secondary N) is 1. The number of carbonyl (C=O) groups excluding carboxylic acids is 1. The van der Waals surface area contributed by atoms with E-state index in [1.54, 1.807) is 6.07 Å². The molecule has 0 atom stereocenters. The van der Waals surface area contributed by atoms with Gasteiger partial charge < -0.3 is 20.6 Å². The molecular formula is C13H17NO5. The van der Waals surface area contributed by atoms with Crippen LogP contribution in [0.4, 0.5) is 0 Å². The molecule has 0 aliphatic rings. The second-order valence-corrected chi connectivity index (χ2v) is 4.17. The van der Waals surface area contributed by atoms with E-state index < -0.39 is 5.97 Å². The van der Waals surface area contributed by atoms with E-state index in [0.717, 1.165) is 5.56 Å². The molecule has 0 aliphatic carbocycles. The van der Waals surface area contributed by atoms with E-state index in [0.29, 0.717) is 19.4 Å². The van der Waals surface area contributed by atoms with E-state index in [-0.39, 0.29) is 30.2 Å². The number of phenolic OH excluding ortho intramolecular Hbond substituents is 2. The largest absolute Gasteiger partial charge is 0.504 e. The molecule has 0 heterocycles. The Morgan fingerprint density at radius 3 is 2.47 bits per heavy atom. The lowest BCUT2D eigenvalue weighted by molar-refractivity contribution is -0.137. The van der Waals surface area contributed by atoms with Crippen LogP contribution in [-0.2, 0) is 16.0 Å². The molecule has 0 saturated heterocycles. The number of aromatic hydroxyl groups is 2. The molecule has 6 heteroatoms. The molecule has 1 aromatic rings. The van der Waals surface area contributed by atoms with Gasteiger partial charge in [0.05, 0.1) is 0 Å². The molecular weight excluding hydrogens is 250 g/mol. The van der Waals surface area contributed by atoms with E-state index in [9.17, 15) is 14.7 Å². The van der Waals surface area contributed by atoms with Gasteiger partial charge in [0.1, 0.15) is 0 Å². The third-order valence-corrected chi connectivity index (χ3v) is 2.57. The molecule has 19 heavy (non-hydrogen) atoms. The fourth-order valence-electron chi connectivity index (χ4n) is 1.56. The van der Waals surface area contributed by atoms with E-state index in [4.69, 9.17) is 10.2 Å². The molecule has 6 nitrogen and oxygen atoms in total. The fraction of sp³-hybridized carbons (Fsp3) is 0.385. The Morgan fingerprint density at radius 2 is 1.84 bits per heavy atom. The number of rotatable bonds is 7. The van der Waals surface area contributed by atoms with Crippen LogP contribution in [0.5, 0.6) is 11.5 Å². The van der Waals surface area contributed by atoms with Gasteiger partial charge >= 0.3 is 5.97 Å². The highest BCUT2D eigenvalue weighted by molar-refractivity contribution is 5.76. The van der Waals surface area contributed by atoms with Gasteiger partial charge in [-0.15, -0.1) is 0 Å². The third kappa shape index (κ3) is 5.76. The summed E-state index contributed by atoms with van der Waals surface area (Å²) >= 11 is 0. The van der Waals surface area contributed by atoms with Crippen molar-refractivity contribution in [2.45, 2.75) is 25.7 Å². The summed E-state index contributed by atoms with van der Waals surface area (Å²) < 4.78 is 0. The summed E-state index contributed by atoms with van der Waals surface area (Å²) in [6, 6.07) is 4.48. The van der Waals surface area contributed by atoms with Gasteiger partial charge in [0.25, 0.3) is 0 Å². The van der Waals surface area contributed by atoms with Gasteiger partial charge in [-0.05, 0) is 30.5 Å². The maximum Gasteiger partial charge on any atom is 0.303 e. The van der Waals surface area contributed by atoms with Crippen LogP contribution in [-0.4, -0.2) is 33.7 Å². The van der Waals surface area contributed by atoms with Gasteiger partial charge in [0.15, 0.2) is 11.5 Å². The summed E-state index contributed by atoms with van der Waals surface area (Å²) in [7, 11) is 0. The summed E-state index contributed by atoms with van der Waals surface area (Å²) in [5.41, 5.74) is 0.793. The van der Waals surface area contributed by atoms with E-state index in [1.165, 1.54) is 12.1 Å². The maximum atomic E-state index is 11.3. The third-order valence-electron chi connectivity index (χ3n) is 2.57. The topological polar surface area (TPSA) is 107 Å². The molecule has 0 fully saturated rings. The van der Waals surface area contributed by atoms with E-state index in [2.05, 4.69) is 5.32 Å². The van der Waals surface area contributed by atoms with Gasteiger partial charge in [-0.25, -0.2) is 0 Å². The quantitative estimate of drug-likeness (QED) is 0.552. The van der Waals surface area contributed by atoms with Crippen molar-refractivity contribution >= 4 is 11.9 Å². The van der Waals surface area contributed by atoms with Crippen molar-refractivity contribution < 1.29 is 24.9 Å². The van der Waals surface area contributed by atoms with Crippen molar-refractivity contribution in [3.63, 3.8) is 0 Å². The number of amides is 1. The standard InChI is InChI=1S/C13H17NO5/c15-10-5-4-9(8-11(10)16)6-7-14-12(17)2-1-3-13(18)19/h4-5,8,15-16H,1-3,6-7H2,(H,14,17)(H,18,19). The number of hydrogen-bond donors (Lipinski definition) is 4. The van der Waals surface area contributed by atoms with Crippen LogP contribution < -0.4 is 5.32 Å². The summed E-state index contributed by atoms with van der Waals surface area (Å²) in [6.45, 7) is 0.399. The average molecular weight is 267 g/mol. The first-order valence-electron chi connectivity index (χ1n) is 5.98. The smallest absolute Gasteiger partial charge is 0.303 e. The van der Waals surface area contributed by atoms with E-state index >= 15 is 0 Å². The lowest BCUT2D eigenvalue weighted by atomic mass is 10.1. The molecule has 0 saturated carbocycles. The van der Waals surface area contributed by atoms with Crippen LogP contribution in [0.15, 0.2) is 18.2 Å². The maximum absolute atomic E-state index is 11.3. The monoisotopic (exact) mass is 267 g/mol. The summed E-state index contributed by atoms with van der Waals surface area (Å²) in [4.78, 5) is 21.6. The lowest BCUT2D eigenvalue weighted by Gasteiger charge is -2.06. The minimum absolute atomic E-state index is 0.0146. The highest BCUT2D eigenvalue weighted by atomic mass is 16.4. The highest BCUT2D eigenvalue weighted by Crippen LogP contribution is 2.24. The molecule has 0 unspecified atom stereocenters. The molecule has 0 radical (unpaired) electrons. The van der Waals surface area contributed by atoms with Crippen molar-refractivity contribution in [1.82, 2.24) is 5.32 Å². The van der Waals surface area contributed by atoms with Crippen molar-refractivity contribution in [2.24, 2.45) is 0 Å². The molecule has 104 valence electrons. The first-order valence-corrected chi connectivity index (χ1v) is 5.98. The number of benzene rings is 1. The van der Waals surface area contributed by atoms with Crippen LogP contribution in [0, 0.1) is 0 Å². The molecule has 1 rings (SSSR count). The minimum Gasteiger partial charge on any atom is -0.504 e. The summed E-state index contributed by atoms with van der Waals surface area (Å²) in [5.74, 6) is -1.47. The number of carboxylic acids is 1. The Bertz CT molecular complexity index is 458. The number of aliphatic carboxylic acids is 1. The van der Waals surface area contributed by atoms with Crippen molar-refractivity contribution in [1.29, 1.82) is 0 Å². The molecule has 0 bridgehead atoms. The number of carboxylic acid groups (broad SMARTS) is 1. The Morgan fingerprint density at radius 1 is 1.11 bits per heavy atom. The van der Waals surface area contributed by atoms with E-state index in [1.807, 2.05) is 0 Å². The number of hydrogen-bond acceptors (Lipinski definition) is 4. The fourth-order valence-corrected chi connectivity index (χ4v) is 1.56. The normalized spacial score (nSPS) is 10.1. The SMILES string of the molecule is O=C(O)CCCC(=O)NCCc1ccc(O)c(O)c1. The Kier molecular flexibility index (Phi) is 5.66. The zero-order valence-corrected chi connectivity index (χ0v) is 10.4. The van der Waals surface area contributed by atoms with Crippen molar-refractivity contribution in [3.8, 4) is 11.5 Å². The van der Waals surface area contributed by atoms with Crippen LogP contribution in [0.2, 0.25) is 0 Å². The number of phenols is 2. The molecule has 1 amide bonds. The predicted molar refractivity (Wildman–Crippen MR) is 68.0 cm³/mol. The average Bonchev–Trinajstić information content (AvgIpc) is 2.33. The minimum atomic E-state index is -0.910. The van der Waals surface area contributed by atoms with Crippen molar-refractivity contribution in [2.75, 3.05) is 6.54 Å². The second kappa shape index (κ2) is 7.25. The van der Waals surface area contributed by atoms with Crippen LogP contribution in [0.3, 0.4) is 0 Å². The van der Waals surface area contributed by atoms with Gasteiger partial charge in [0.2, 0.25) is 5.91 Å². The van der Waals surface area contributed by atoms with Gasteiger partial charge in [-0.1, -0.05) is 6.07 Å². The molecule has 1 aromatic carbocycles. The Balaban J connectivity index is 2.24. The number of carbonyl (C=O) groups is 2. The highest BCUT2D eigenvalue weighted by Gasteiger charge is 2.04. The summed E-state index contributed by atoms with van der Waals surface area (Å²) in [6.07, 6.45) is 1.02. The van der Waals surface area contributed by atoms with Gasteiger partial charge in [-0.2, -0.15) is 0 Å². The Hall–Kier alpha value is -2.24. The Labute approximate surface area is 110 Å². The summed E-state index contributed by atoms with van der Waals surface area (Å²) in [5, 5.41) is 29.5. The van der Waals surface area contributed by atoms with Crippen molar-refractivity contribution in [3.05, 3.63) is 23.8 Å². The first kappa shape index (κ1) is 14.8. The zero-order chi connectivity index (χ0) is 14.3. The predicted octanol–water partition coefficient (Wildman–Crippen LogP) is 1.01. The molecule has 0 aliphatic heterocycles. The molecule has 0 spiro atoms. The van der Waals surface area contributed by atoms with Crippen LogP contribution in [0.1, 0.15) is 24.8 Å². The van der Waals surface area contributed by atoms with Gasteiger partial charge in [-0.3, -0.25) is 9.59 Å². The zero-order valence-electron chi connectivity index (χ0n) is 10.4. The first-order chi connectivity index (χ1) is 8.99. The molecule has 0 aromatic heterocycles.